The molecule has 0 amide bonds. The van der Waals surface area contributed by atoms with Crippen LogP contribution in [0.2, 0.25) is 0 Å². The fourth-order valence-corrected chi connectivity index (χ4v) is 2.38. The van der Waals surface area contributed by atoms with Gasteiger partial charge in [0.15, 0.2) is 11.5 Å². The fraction of sp³-hybridized carbons (Fsp3) is 0.176. The van der Waals surface area contributed by atoms with Crippen LogP contribution in [0.5, 0.6) is 23.0 Å². The predicted molar refractivity (Wildman–Crippen MR) is 97.1 cm³/mol. The molecular formula is C17H17BrN2O4. The number of rotatable bonds is 6. The van der Waals surface area contributed by atoms with Gasteiger partial charge in [-0.1, -0.05) is 15.9 Å². The highest BCUT2D eigenvalue weighted by atomic mass is 79.9. The second kappa shape index (κ2) is 8.35. The topological polar surface area (TPSA) is 72.6 Å². The van der Waals surface area contributed by atoms with Crippen molar-refractivity contribution in [2.45, 2.75) is 0 Å². The van der Waals surface area contributed by atoms with Crippen LogP contribution in [0, 0.1) is 0 Å². The highest BCUT2D eigenvalue weighted by molar-refractivity contribution is 9.10. The number of hydrogen-bond donors (Lipinski definition) is 1. The van der Waals surface area contributed by atoms with Crippen molar-refractivity contribution in [2.75, 3.05) is 21.3 Å². The molecule has 2 rings (SSSR count). The largest absolute Gasteiger partial charge is 0.507 e. The van der Waals surface area contributed by atoms with E-state index in [1.807, 2.05) is 0 Å². The Bertz CT molecular complexity index is 750. The maximum atomic E-state index is 9.73. The lowest BCUT2D eigenvalue weighted by atomic mass is 10.2. The molecule has 0 aliphatic heterocycles. The minimum absolute atomic E-state index is 0.130. The van der Waals surface area contributed by atoms with E-state index >= 15 is 0 Å². The quantitative estimate of drug-likeness (QED) is 0.601. The monoisotopic (exact) mass is 392 g/mol. The molecule has 0 bridgehead atoms. The van der Waals surface area contributed by atoms with E-state index in [1.54, 1.807) is 57.9 Å². The summed E-state index contributed by atoms with van der Waals surface area (Å²) in [7, 11) is 4.64. The Balaban J connectivity index is 2.22. The Morgan fingerprint density at radius 3 is 2.12 bits per heavy atom. The molecule has 0 heterocycles. The summed E-state index contributed by atoms with van der Waals surface area (Å²) < 4.78 is 16.7. The normalized spacial score (nSPS) is 11.2. The molecule has 0 aromatic heterocycles. The van der Waals surface area contributed by atoms with Crippen molar-refractivity contribution in [3.05, 3.63) is 45.9 Å². The maximum absolute atomic E-state index is 9.73. The summed E-state index contributed by atoms with van der Waals surface area (Å²) in [6.45, 7) is 0. The van der Waals surface area contributed by atoms with Crippen LogP contribution in [-0.4, -0.2) is 38.9 Å². The van der Waals surface area contributed by atoms with E-state index in [4.69, 9.17) is 14.2 Å². The molecule has 0 saturated heterocycles. The van der Waals surface area contributed by atoms with Crippen molar-refractivity contribution < 1.29 is 19.3 Å². The van der Waals surface area contributed by atoms with Gasteiger partial charge in [-0.05, 0) is 30.3 Å². The second-order valence-electron chi connectivity index (χ2n) is 4.65. The first-order valence-corrected chi connectivity index (χ1v) is 7.73. The van der Waals surface area contributed by atoms with Gasteiger partial charge in [0.05, 0.1) is 33.8 Å². The van der Waals surface area contributed by atoms with Crippen LogP contribution >= 0.6 is 15.9 Å². The summed E-state index contributed by atoms with van der Waals surface area (Å²) in [5, 5.41) is 17.7. The summed E-state index contributed by atoms with van der Waals surface area (Å²) in [6.07, 6.45) is 3.02. The number of phenolic OH excluding ortho intramolecular Hbond substituents is 1. The fourth-order valence-electron chi connectivity index (χ4n) is 2.00. The number of aromatic hydroxyl groups is 1. The third-order valence-corrected chi connectivity index (χ3v) is 3.64. The molecule has 0 unspecified atom stereocenters. The molecule has 6 nitrogen and oxygen atoms in total. The Kier molecular flexibility index (Phi) is 6.20. The van der Waals surface area contributed by atoms with Gasteiger partial charge in [-0.3, -0.25) is 0 Å². The average molecular weight is 393 g/mol. The second-order valence-corrected chi connectivity index (χ2v) is 5.57. The Morgan fingerprint density at radius 1 is 0.917 bits per heavy atom. The third-order valence-electron chi connectivity index (χ3n) is 3.15. The molecule has 2 aromatic rings. The van der Waals surface area contributed by atoms with Crippen LogP contribution in [0.3, 0.4) is 0 Å². The van der Waals surface area contributed by atoms with Crippen molar-refractivity contribution in [1.29, 1.82) is 0 Å². The smallest absolute Gasteiger partial charge is 0.203 e. The summed E-state index contributed by atoms with van der Waals surface area (Å²) in [5.74, 6) is 1.71. The van der Waals surface area contributed by atoms with Crippen LogP contribution in [0.15, 0.2) is 45.0 Å². The number of benzene rings is 2. The van der Waals surface area contributed by atoms with Crippen LogP contribution in [0.4, 0.5) is 0 Å². The molecule has 24 heavy (non-hydrogen) atoms. The van der Waals surface area contributed by atoms with Crippen molar-refractivity contribution in [1.82, 2.24) is 0 Å². The summed E-state index contributed by atoms with van der Waals surface area (Å²) in [4.78, 5) is 0. The van der Waals surface area contributed by atoms with Crippen molar-refractivity contribution in [2.24, 2.45) is 10.2 Å². The average Bonchev–Trinajstić information content (AvgIpc) is 2.60. The van der Waals surface area contributed by atoms with Crippen LogP contribution in [-0.2, 0) is 0 Å². The molecule has 2 aromatic carbocycles. The third kappa shape index (κ3) is 4.26. The SMILES string of the molecule is COc1cc(C=NN=Cc2cc(Br)ccc2O)cc(OC)c1OC. The molecule has 0 aliphatic rings. The van der Waals surface area contributed by atoms with Gasteiger partial charge in [-0.15, -0.1) is 0 Å². The van der Waals surface area contributed by atoms with Gasteiger partial charge in [0.2, 0.25) is 5.75 Å². The number of halogens is 1. The first kappa shape index (κ1) is 17.8. The molecule has 0 atom stereocenters. The van der Waals surface area contributed by atoms with Crippen LogP contribution < -0.4 is 14.2 Å². The highest BCUT2D eigenvalue weighted by Gasteiger charge is 2.12. The molecule has 0 spiro atoms. The number of ether oxygens (including phenoxy) is 3. The molecule has 0 fully saturated rings. The number of phenols is 1. The Labute approximate surface area is 148 Å². The molecule has 7 heteroatoms. The maximum Gasteiger partial charge on any atom is 0.203 e. The number of hydrogen-bond acceptors (Lipinski definition) is 6. The first-order chi connectivity index (χ1) is 11.6. The summed E-state index contributed by atoms with van der Waals surface area (Å²) in [5.41, 5.74) is 1.30. The predicted octanol–water partition coefficient (Wildman–Crippen LogP) is 3.63. The van der Waals surface area contributed by atoms with Gasteiger partial charge in [0.1, 0.15) is 5.75 Å². The van der Waals surface area contributed by atoms with E-state index in [0.29, 0.717) is 22.8 Å². The van der Waals surface area contributed by atoms with E-state index in [9.17, 15) is 5.11 Å². The summed E-state index contributed by atoms with van der Waals surface area (Å²) in [6, 6.07) is 8.59. The van der Waals surface area contributed by atoms with Gasteiger partial charge in [0, 0.05) is 15.6 Å². The van der Waals surface area contributed by atoms with E-state index in [2.05, 4.69) is 26.1 Å². The molecule has 0 aliphatic carbocycles. The van der Waals surface area contributed by atoms with Crippen molar-refractivity contribution >= 4 is 28.4 Å². The lowest BCUT2D eigenvalue weighted by molar-refractivity contribution is 0.324. The van der Waals surface area contributed by atoms with Crippen molar-refractivity contribution in [3.8, 4) is 23.0 Å². The zero-order valence-corrected chi connectivity index (χ0v) is 15.1. The Hall–Kier alpha value is -2.54. The minimum Gasteiger partial charge on any atom is -0.507 e. The van der Waals surface area contributed by atoms with Crippen molar-refractivity contribution in [3.63, 3.8) is 0 Å². The van der Waals surface area contributed by atoms with E-state index in [0.717, 1.165) is 10.0 Å². The zero-order valence-electron chi connectivity index (χ0n) is 13.5. The lowest BCUT2D eigenvalue weighted by Crippen LogP contribution is -1.96. The van der Waals surface area contributed by atoms with E-state index < -0.39 is 0 Å². The Morgan fingerprint density at radius 2 is 1.54 bits per heavy atom. The van der Waals surface area contributed by atoms with Gasteiger partial charge >= 0.3 is 0 Å². The molecule has 126 valence electrons. The molecule has 0 radical (unpaired) electrons. The number of nitrogens with zero attached hydrogens (tertiary/aromatic N) is 2. The van der Waals surface area contributed by atoms with E-state index in [1.165, 1.54) is 6.21 Å². The van der Waals surface area contributed by atoms with Gasteiger partial charge < -0.3 is 19.3 Å². The molecular weight excluding hydrogens is 376 g/mol. The highest BCUT2D eigenvalue weighted by Crippen LogP contribution is 2.37. The lowest BCUT2D eigenvalue weighted by Gasteiger charge is -2.12. The van der Waals surface area contributed by atoms with Gasteiger partial charge in [-0.25, -0.2) is 0 Å². The van der Waals surface area contributed by atoms with Crippen LogP contribution in [0.1, 0.15) is 11.1 Å². The van der Waals surface area contributed by atoms with Crippen LogP contribution in [0.25, 0.3) is 0 Å². The first-order valence-electron chi connectivity index (χ1n) is 6.94. The standard InChI is InChI=1S/C17H17BrN2O4/c1-22-15-6-11(7-16(23-2)17(15)24-3)9-19-20-10-12-8-13(18)4-5-14(12)21/h4-10,21H,1-3H3. The van der Waals surface area contributed by atoms with Gasteiger partial charge in [-0.2, -0.15) is 10.2 Å². The number of methoxy groups -OCH3 is 3. The molecule has 1 N–H and O–H groups in total. The minimum atomic E-state index is 0.130. The zero-order chi connectivity index (χ0) is 17.5. The van der Waals surface area contributed by atoms with E-state index in [-0.39, 0.29) is 5.75 Å². The molecule has 0 saturated carbocycles. The van der Waals surface area contributed by atoms with Gasteiger partial charge in [0.25, 0.3) is 0 Å². The summed E-state index contributed by atoms with van der Waals surface area (Å²) >= 11 is 3.34.